The van der Waals surface area contributed by atoms with Crippen LogP contribution >= 0.6 is 0 Å². The Kier molecular flexibility index (Phi) is 4.38. The second kappa shape index (κ2) is 6.47. The van der Waals surface area contributed by atoms with Gasteiger partial charge in [0.1, 0.15) is 0 Å². The first-order valence-electron chi connectivity index (χ1n) is 8.09. The summed E-state index contributed by atoms with van der Waals surface area (Å²) in [7, 11) is 0. The highest BCUT2D eigenvalue weighted by Crippen LogP contribution is 2.24. The topological polar surface area (TPSA) is 75.4 Å². The number of hydrogen-bond acceptors (Lipinski definition) is 3. The average Bonchev–Trinajstić information content (AvgIpc) is 2.96. The summed E-state index contributed by atoms with van der Waals surface area (Å²) in [4.78, 5) is 25.8. The molecule has 6 heteroatoms. The molecule has 0 aliphatic carbocycles. The van der Waals surface area contributed by atoms with Crippen molar-refractivity contribution in [3.05, 3.63) is 47.8 Å². The molecule has 0 bridgehead atoms. The fourth-order valence-corrected chi connectivity index (χ4v) is 3.32. The Bertz CT molecular complexity index is 754. The molecule has 0 spiro atoms. The lowest BCUT2D eigenvalue weighted by Crippen LogP contribution is -2.45. The summed E-state index contributed by atoms with van der Waals surface area (Å²) in [6, 6.07) is 9.62. The SMILES string of the molecule is Cc1c(C(=O)N2CC(C)CC(C(=O)O)C2)cnn1-c1ccccc1. The molecule has 0 saturated carbocycles. The number of nitrogens with zero attached hydrogens (tertiary/aromatic N) is 3. The largest absolute Gasteiger partial charge is 0.481 e. The molecule has 126 valence electrons. The fourth-order valence-electron chi connectivity index (χ4n) is 3.32. The number of piperidine rings is 1. The van der Waals surface area contributed by atoms with Crippen molar-refractivity contribution in [1.29, 1.82) is 0 Å². The molecule has 2 aromatic rings. The molecule has 1 aromatic heterocycles. The zero-order valence-electron chi connectivity index (χ0n) is 13.8. The quantitative estimate of drug-likeness (QED) is 0.939. The lowest BCUT2D eigenvalue weighted by atomic mass is 9.90. The Hall–Kier alpha value is -2.63. The Morgan fingerprint density at radius 1 is 1.21 bits per heavy atom. The van der Waals surface area contributed by atoms with Gasteiger partial charge in [0.15, 0.2) is 0 Å². The van der Waals surface area contributed by atoms with Crippen LogP contribution in [0.2, 0.25) is 0 Å². The Balaban J connectivity index is 1.85. The number of amides is 1. The number of likely N-dealkylation sites (tertiary alicyclic amines) is 1. The monoisotopic (exact) mass is 327 g/mol. The van der Waals surface area contributed by atoms with Gasteiger partial charge in [0, 0.05) is 13.1 Å². The predicted molar refractivity (Wildman–Crippen MR) is 89.1 cm³/mol. The number of carbonyl (C=O) groups excluding carboxylic acids is 1. The van der Waals surface area contributed by atoms with Gasteiger partial charge in [-0.2, -0.15) is 5.10 Å². The van der Waals surface area contributed by atoms with Crippen molar-refractivity contribution in [3.8, 4) is 5.69 Å². The highest BCUT2D eigenvalue weighted by Gasteiger charge is 2.33. The van der Waals surface area contributed by atoms with Crippen molar-refractivity contribution in [1.82, 2.24) is 14.7 Å². The van der Waals surface area contributed by atoms with Crippen LogP contribution in [0.25, 0.3) is 5.69 Å². The smallest absolute Gasteiger partial charge is 0.308 e. The van der Waals surface area contributed by atoms with Gasteiger partial charge in [0.05, 0.1) is 29.1 Å². The number of carboxylic acids is 1. The van der Waals surface area contributed by atoms with Crippen LogP contribution in [-0.4, -0.2) is 44.8 Å². The van der Waals surface area contributed by atoms with Crippen molar-refractivity contribution in [2.45, 2.75) is 20.3 Å². The molecule has 24 heavy (non-hydrogen) atoms. The molecule has 2 atom stereocenters. The molecule has 1 amide bonds. The van der Waals surface area contributed by atoms with Crippen LogP contribution < -0.4 is 0 Å². The van der Waals surface area contributed by atoms with Crippen molar-refractivity contribution in [3.63, 3.8) is 0 Å². The number of benzene rings is 1. The highest BCUT2D eigenvalue weighted by atomic mass is 16.4. The summed E-state index contributed by atoms with van der Waals surface area (Å²) >= 11 is 0. The van der Waals surface area contributed by atoms with Gasteiger partial charge in [-0.05, 0) is 31.4 Å². The van der Waals surface area contributed by atoms with Crippen LogP contribution in [0.4, 0.5) is 0 Å². The summed E-state index contributed by atoms with van der Waals surface area (Å²) in [5, 5.41) is 13.6. The van der Waals surface area contributed by atoms with Crippen LogP contribution in [0, 0.1) is 18.8 Å². The number of aliphatic carboxylic acids is 1. The van der Waals surface area contributed by atoms with Gasteiger partial charge in [-0.25, -0.2) is 4.68 Å². The molecule has 6 nitrogen and oxygen atoms in total. The lowest BCUT2D eigenvalue weighted by molar-refractivity contribution is -0.143. The molecular weight excluding hydrogens is 306 g/mol. The summed E-state index contributed by atoms with van der Waals surface area (Å²) in [6.07, 6.45) is 2.18. The maximum absolute atomic E-state index is 12.9. The second-order valence-electron chi connectivity index (χ2n) is 6.48. The molecule has 1 N–H and O–H groups in total. The zero-order chi connectivity index (χ0) is 17.3. The molecule has 2 heterocycles. The Morgan fingerprint density at radius 2 is 1.92 bits per heavy atom. The van der Waals surface area contributed by atoms with Gasteiger partial charge >= 0.3 is 5.97 Å². The Morgan fingerprint density at radius 3 is 2.58 bits per heavy atom. The first-order valence-corrected chi connectivity index (χ1v) is 8.09. The summed E-state index contributed by atoms with van der Waals surface area (Å²) in [5.74, 6) is -1.31. The predicted octanol–water partition coefficient (Wildman–Crippen LogP) is 2.36. The first kappa shape index (κ1) is 16.2. The van der Waals surface area contributed by atoms with E-state index in [-0.39, 0.29) is 18.4 Å². The van der Waals surface area contributed by atoms with E-state index in [1.807, 2.05) is 44.2 Å². The van der Waals surface area contributed by atoms with Crippen LogP contribution in [0.3, 0.4) is 0 Å². The van der Waals surface area contributed by atoms with E-state index >= 15 is 0 Å². The van der Waals surface area contributed by atoms with E-state index in [0.717, 1.165) is 11.4 Å². The standard InChI is InChI=1S/C18H21N3O3/c1-12-8-14(18(23)24)11-20(10-12)17(22)16-9-19-21(13(16)2)15-6-4-3-5-7-15/h3-7,9,12,14H,8,10-11H2,1-2H3,(H,23,24). The number of hydrogen-bond donors (Lipinski definition) is 1. The van der Waals surface area contributed by atoms with Crippen LogP contribution in [-0.2, 0) is 4.79 Å². The molecule has 3 rings (SSSR count). The van der Waals surface area contributed by atoms with E-state index in [1.165, 1.54) is 0 Å². The third kappa shape index (κ3) is 3.04. The molecular formula is C18H21N3O3. The normalized spacial score (nSPS) is 20.8. The van der Waals surface area contributed by atoms with E-state index in [2.05, 4.69) is 5.10 Å². The van der Waals surface area contributed by atoms with Gasteiger partial charge in [-0.1, -0.05) is 25.1 Å². The fraction of sp³-hybridized carbons (Fsp3) is 0.389. The first-order chi connectivity index (χ1) is 11.5. The van der Waals surface area contributed by atoms with Crippen molar-refractivity contribution in [2.75, 3.05) is 13.1 Å². The number of aromatic nitrogens is 2. The number of carboxylic acid groups (broad SMARTS) is 1. The van der Waals surface area contributed by atoms with E-state index in [0.29, 0.717) is 18.5 Å². The van der Waals surface area contributed by atoms with Crippen LogP contribution in [0.1, 0.15) is 29.4 Å². The maximum Gasteiger partial charge on any atom is 0.308 e. The average molecular weight is 327 g/mol. The number of para-hydroxylation sites is 1. The van der Waals surface area contributed by atoms with Gasteiger partial charge in [0.2, 0.25) is 0 Å². The van der Waals surface area contributed by atoms with E-state index < -0.39 is 11.9 Å². The van der Waals surface area contributed by atoms with Gasteiger partial charge < -0.3 is 10.0 Å². The van der Waals surface area contributed by atoms with Crippen molar-refractivity contribution in [2.24, 2.45) is 11.8 Å². The summed E-state index contributed by atoms with van der Waals surface area (Å²) in [6.45, 7) is 4.68. The molecule has 1 saturated heterocycles. The molecule has 1 fully saturated rings. The van der Waals surface area contributed by atoms with E-state index in [1.54, 1.807) is 15.8 Å². The minimum atomic E-state index is -0.837. The third-order valence-corrected chi connectivity index (χ3v) is 4.54. The van der Waals surface area contributed by atoms with Crippen molar-refractivity contribution >= 4 is 11.9 Å². The molecule has 2 unspecified atom stereocenters. The minimum absolute atomic E-state index is 0.146. The highest BCUT2D eigenvalue weighted by molar-refractivity contribution is 5.95. The molecule has 0 radical (unpaired) electrons. The summed E-state index contributed by atoms with van der Waals surface area (Å²) in [5.41, 5.74) is 2.18. The lowest BCUT2D eigenvalue weighted by Gasteiger charge is -2.34. The minimum Gasteiger partial charge on any atom is -0.481 e. The Labute approximate surface area is 140 Å². The van der Waals surface area contributed by atoms with Gasteiger partial charge in [0.25, 0.3) is 5.91 Å². The number of carbonyl (C=O) groups is 2. The zero-order valence-corrected chi connectivity index (χ0v) is 13.8. The van der Waals surface area contributed by atoms with E-state index in [4.69, 9.17) is 0 Å². The van der Waals surface area contributed by atoms with Gasteiger partial charge in [-0.3, -0.25) is 9.59 Å². The summed E-state index contributed by atoms with van der Waals surface area (Å²) < 4.78 is 1.73. The van der Waals surface area contributed by atoms with Crippen LogP contribution in [0.5, 0.6) is 0 Å². The molecule has 1 aliphatic heterocycles. The number of rotatable bonds is 3. The molecule has 1 aliphatic rings. The van der Waals surface area contributed by atoms with Crippen molar-refractivity contribution < 1.29 is 14.7 Å². The maximum atomic E-state index is 12.9. The third-order valence-electron chi connectivity index (χ3n) is 4.54. The van der Waals surface area contributed by atoms with Crippen LogP contribution in [0.15, 0.2) is 36.5 Å². The van der Waals surface area contributed by atoms with E-state index in [9.17, 15) is 14.7 Å². The molecule has 1 aromatic carbocycles. The van der Waals surface area contributed by atoms with Gasteiger partial charge in [-0.15, -0.1) is 0 Å². The second-order valence-corrected chi connectivity index (χ2v) is 6.48.